The number of halogens is 1. The molecule has 0 saturated heterocycles. The van der Waals surface area contributed by atoms with Gasteiger partial charge >= 0.3 is 0 Å². The lowest BCUT2D eigenvalue weighted by Crippen LogP contribution is -2.51. The zero-order valence-corrected chi connectivity index (χ0v) is 15.6. The molecule has 1 aliphatic rings. The molecule has 2 aromatic rings. The van der Waals surface area contributed by atoms with E-state index in [4.69, 9.17) is 16.3 Å². The Hall–Kier alpha value is -1.55. The van der Waals surface area contributed by atoms with Crippen molar-refractivity contribution in [3.05, 3.63) is 64.2 Å². The average molecular weight is 360 g/mol. The van der Waals surface area contributed by atoms with E-state index in [2.05, 4.69) is 18.3 Å². The molecule has 4 heteroatoms. The summed E-state index contributed by atoms with van der Waals surface area (Å²) < 4.78 is 6.06. The summed E-state index contributed by atoms with van der Waals surface area (Å²) in [5, 5.41) is 15.0. The maximum atomic E-state index is 10.8. The molecule has 0 aliphatic heterocycles. The quantitative estimate of drug-likeness (QED) is 0.831. The Labute approximate surface area is 155 Å². The molecular weight excluding hydrogens is 334 g/mol. The zero-order chi connectivity index (χ0) is 17.8. The summed E-state index contributed by atoms with van der Waals surface area (Å²) >= 11 is 6.31. The van der Waals surface area contributed by atoms with Crippen LogP contribution >= 0.6 is 11.6 Å². The molecule has 2 N–H and O–H groups in total. The number of aryl methyl sites for hydroxylation is 2. The zero-order valence-electron chi connectivity index (χ0n) is 14.8. The third kappa shape index (κ3) is 4.55. The molecule has 1 saturated carbocycles. The van der Waals surface area contributed by atoms with Crippen molar-refractivity contribution in [2.24, 2.45) is 0 Å². The second-order valence-electron chi connectivity index (χ2n) is 6.92. The minimum Gasteiger partial charge on any atom is -0.488 e. The van der Waals surface area contributed by atoms with Gasteiger partial charge in [0.15, 0.2) is 0 Å². The maximum Gasteiger partial charge on any atom is 0.126 e. The molecule has 0 radical (unpaired) electrons. The largest absolute Gasteiger partial charge is 0.488 e. The van der Waals surface area contributed by atoms with E-state index in [1.165, 1.54) is 0 Å². The maximum absolute atomic E-state index is 10.8. The van der Waals surface area contributed by atoms with Crippen LogP contribution in [0.4, 0.5) is 0 Å². The molecule has 0 spiro atoms. The Bertz CT molecular complexity index is 699. The van der Waals surface area contributed by atoms with Gasteiger partial charge in [0.1, 0.15) is 18.0 Å². The summed E-state index contributed by atoms with van der Waals surface area (Å²) in [6, 6.07) is 13.9. The van der Waals surface area contributed by atoms with Crippen molar-refractivity contribution in [2.75, 3.05) is 0 Å². The summed E-state index contributed by atoms with van der Waals surface area (Å²) in [5.74, 6) is 0.826. The molecule has 0 amide bonds. The van der Waals surface area contributed by atoms with Crippen LogP contribution in [0.5, 0.6) is 5.75 Å². The van der Waals surface area contributed by atoms with Crippen LogP contribution in [0, 0.1) is 13.8 Å². The van der Waals surface area contributed by atoms with E-state index in [0.29, 0.717) is 6.54 Å². The van der Waals surface area contributed by atoms with Crippen LogP contribution in [-0.4, -0.2) is 23.4 Å². The Morgan fingerprint density at radius 1 is 1.16 bits per heavy atom. The Balaban J connectivity index is 1.63. The first-order valence-electron chi connectivity index (χ1n) is 8.93. The predicted molar refractivity (Wildman–Crippen MR) is 102 cm³/mol. The molecule has 3 rings (SSSR count). The first kappa shape index (κ1) is 18.2. The molecule has 0 bridgehead atoms. The van der Waals surface area contributed by atoms with Crippen molar-refractivity contribution in [1.29, 1.82) is 0 Å². The van der Waals surface area contributed by atoms with Crippen LogP contribution in [0.1, 0.15) is 36.0 Å². The average Bonchev–Trinajstić information content (AvgIpc) is 2.57. The Kier molecular flexibility index (Phi) is 6.00. The lowest BCUT2D eigenvalue weighted by atomic mass is 9.89. The molecule has 3 nitrogen and oxygen atoms in total. The second-order valence-corrected chi connectivity index (χ2v) is 7.32. The van der Waals surface area contributed by atoms with Gasteiger partial charge < -0.3 is 15.2 Å². The lowest BCUT2D eigenvalue weighted by molar-refractivity contribution is -0.0157. The van der Waals surface area contributed by atoms with Crippen LogP contribution in [-0.2, 0) is 6.54 Å². The smallest absolute Gasteiger partial charge is 0.126 e. The first-order chi connectivity index (χ1) is 12.0. The van der Waals surface area contributed by atoms with Crippen LogP contribution < -0.4 is 10.1 Å². The molecular formula is C21H26ClNO2. The van der Waals surface area contributed by atoms with Gasteiger partial charge in [-0.25, -0.2) is 0 Å². The van der Waals surface area contributed by atoms with E-state index in [1.807, 2.05) is 43.3 Å². The third-order valence-electron chi connectivity index (χ3n) is 4.97. The molecule has 3 atom stereocenters. The van der Waals surface area contributed by atoms with Gasteiger partial charge in [-0.05, 0) is 68.0 Å². The normalized spacial score (nSPS) is 23.4. The number of aliphatic hydroxyl groups excluding tert-OH is 1. The second kappa shape index (κ2) is 8.22. The number of rotatable bonds is 5. The summed E-state index contributed by atoms with van der Waals surface area (Å²) in [6.07, 6.45) is 2.14. The number of ether oxygens (including phenoxy) is 1. The van der Waals surface area contributed by atoms with Crippen molar-refractivity contribution < 1.29 is 9.84 Å². The molecule has 1 aliphatic carbocycles. The van der Waals surface area contributed by atoms with E-state index in [-0.39, 0.29) is 12.1 Å². The van der Waals surface area contributed by atoms with Crippen molar-refractivity contribution >= 4 is 11.6 Å². The van der Waals surface area contributed by atoms with Crippen LogP contribution in [0.15, 0.2) is 42.5 Å². The minimum absolute atomic E-state index is 0.0132. The highest BCUT2D eigenvalue weighted by atomic mass is 35.5. The standard InChI is InChI=1S/C21H26ClNO2/c1-14-6-3-8-16(12-14)25-20-11-5-10-19(21(20)24)23-13-17-15(2)7-4-9-18(17)22/h3-4,6-9,12,19-21,23-24H,5,10-11,13H2,1-2H3/t19-,20+,21+/m0/s1. The van der Waals surface area contributed by atoms with Crippen molar-refractivity contribution in [3.63, 3.8) is 0 Å². The SMILES string of the molecule is Cc1cccc(O[C@@H]2CCC[C@H](NCc3c(C)cccc3Cl)[C@H]2O)c1. The molecule has 25 heavy (non-hydrogen) atoms. The van der Waals surface area contributed by atoms with E-state index in [1.54, 1.807) is 0 Å². The van der Waals surface area contributed by atoms with Gasteiger partial charge in [-0.15, -0.1) is 0 Å². The molecule has 134 valence electrons. The van der Waals surface area contributed by atoms with Gasteiger partial charge in [-0.2, -0.15) is 0 Å². The number of hydrogen-bond acceptors (Lipinski definition) is 3. The van der Waals surface area contributed by atoms with E-state index in [0.717, 1.165) is 46.7 Å². The van der Waals surface area contributed by atoms with Gasteiger partial charge in [0.2, 0.25) is 0 Å². The third-order valence-corrected chi connectivity index (χ3v) is 5.32. The molecule has 2 aromatic carbocycles. The van der Waals surface area contributed by atoms with Gasteiger partial charge in [0.05, 0.1) is 0 Å². The van der Waals surface area contributed by atoms with E-state index >= 15 is 0 Å². The fraction of sp³-hybridized carbons (Fsp3) is 0.429. The van der Waals surface area contributed by atoms with Crippen molar-refractivity contribution in [3.8, 4) is 5.75 Å². The fourth-order valence-corrected chi connectivity index (χ4v) is 3.77. The fourth-order valence-electron chi connectivity index (χ4n) is 3.48. The van der Waals surface area contributed by atoms with Gasteiger partial charge in [-0.3, -0.25) is 0 Å². The summed E-state index contributed by atoms with van der Waals surface area (Å²) in [6.45, 7) is 4.76. The highest BCUT2D eigenvalue weighted by Crippen LogP contribution is 2.26. The van der Waals surface area contributed by atoms with Crippen molar-refractivity contribution in [1.82, 2.24) is 5.32 Å². The van der Waals surface area contributed by atoms with Crippen LogP contribution in [0.2, 0.25) is 5.02 Å². The summed E-state index contributed by atoms with van der Waals surface area (Å²) in [7, 11) is 0. The minimum atomic E-state index is -0.531. The van der Waals surface area contributed by atoms with Crippen LogP contribution in [0.25, 0.3) is 0 Å². The Morgan fingerprint density at radius 3 is 2.72 bits per heavy atom. The molecule has 1 fully saturated rings. The number of aliphatic hydroxyl groups is 1. The molecule has 0 unspecified atom stereocenters. The monoisotopic (exact) mass is 359 g/mol. The van der Waals surface area contributed by atoms with E-state index < -0.39 is 6.10 Å². The van der Waals surface area contributed by atoms with Gasteiger partial charge in [0.25, 0.3) is 0 Å². The number of benzene rings is 2. The van der Waals surface area contributed by atoms with E-state index in [9.17, 15) is 5.11 Å². The highest BCUT2D eigenvalue weighted by molar-refractivity contribution is 6.31. The topological polar surface area (TPSA) is 41.5 Å². The van der Waals surface area contributed by atoms with Crippen molar-refractivity contribution in [2.45, 2.75) is 57.9 Å². The molecule has 0 heterocycles. The lowest BCUT2D eigenvalue weighted by Gasteiger charge is -2.35. The summed E-state index contributed by atoms with van der Waals surface area (Å²) in [4.78, 5) is 0. The number of nitrogens with one attached hydrogen (secondary N) is 1. The predicted octanol–water partition coefficient (Wildman–Crippen LogP) is 4.41. The summed E-state index contributed by atoms with van der Waals surface area (Å²) in [5.41, 5.74) is 3.42. The number of hydrogen-bond donors (Lipinski definition) is 2. The van der Waals surface area contributed by atoms with Crippen LogP contribution in [0.3, 0.4) is 0 Å². The first-order valence-corrected chi connectivity index (χ1v) is 9.31. The molecule has 0 aromatic heterocycles. The highest BCUT2D eigenvalue weighted by Gasteiger charge is 2.33. The van der Waals surface area contributed by atoms with Gasteiger partial charge in [-0.1, -0.05) is 35.9 Å². The van der Waals surface area contributed by atoms with Gasteiger partial charge in [0, 0.05) is 17.6 Å². The Morgan fingerprint density at radius 2 is 1.96 bits per heavy atom.